The lowest BCUT2D eigenvalue weighted by Crippen LogP contribution is -2.23. The number of rotatable bonds is 7. The molecule has 1 rings (SSSR count). The normalized spacial score (nSPS) is 9.44. The number of methoxy groups -OCH3 is 2. The van der Waals surface area contributed by atoms with Crippen molar-refractivity contribution < 1.29 is 14.3 Å². The van der Waals surface area contributed by atoms with E-state index >= 15 is 0 Å². The molecule has 0 aliphatic heterocycles. The maximum absolute atomic E-state index is 10.4. The summed E-state index contributed by atoms with van der Waals surface area (Å²) in [4.78, 5) is 14.1. The van der Waals surface area contributed by atoms with Crippen LogP contribution < -0.4 is 11.1 Å². The summed E-state index contributed by atoms with van der Waals surface area (Å²) in [6.45, 7) is 3.34. The molecular formula is C12H21N3O3. The van der Waals surface area contributed by atoms with Crippen molar-refractivity contribution in [2.24, 2.45) is 5.73 Å². The quantitative estimate of drug-likeness (QED) is 0.672. The average molecular weight is 255 g/mol. The summed E-state index contributed by atoms with van der Waals surface area (Å²) >= 11 is 0. The second-order valence-electron chi connectivity index (χ2n) is 3.34. The Morgan fingerprint density at radius 1 is 1.33 bits per heavy atom. The van der Waals surface area contributed by atoms with E-state index in [0.717, 1.165) is 26.3 Å². The Balaban J connectivity index is 0.000000321. The zero-order valence-corrected chi connectivity index (χ0v) is 10.9. The minimum absolute atomic E-state index is 0.442. The largest absolute Gasteiger partial charge is 0.383 e. The van der Waals surface area contributed by atoms with E-state index in [1.165, 1.54) is 6.20 Å². The fourth-order valence-corrected chi connectivity index (χ4v) is 0.982. The van der Waals surface area contributed by atoms with Gasteiger partial charge in [-0.3, -0.25) is 9.78 Å². The van der Waals surface area contributed by atoms with E-state index in [2.05, 4.69) is 10.3 Å². The highest BCUT2D eigenvalue weighted by Gasteiger charge is 1.94. The first-order valence-corrected chi connectivity index (χ1v) is 5.60. The Bertz CT molecular complexity index is 301. The molecule has 0 aliphatic carbocycles. The van der Waals surface area contributed by atoms with Crippen LogP contribution in [0.2, 0.25) is 0 Å². The monoisotopic (exact) mass is 255 g/mol. The van der Waals surface area contributed by atoms with Crippen LogP contribution in [0.15, 0.2) is 24.5 Å². The van der Waals surface area contributed by atoms with Crippen LogP contribution in [0.4, 0.5) is 0 Å². The molecule has 1 aromatic heterocycles. The zero-order chi connectivity index (χ0) is 13.6. The van der Waals surface area contributed by atoms with E-state index in [-0.39, 0.29) is 0 Å². The minimum Gasteiger partial charge on any atom is -0.383 e. The molecule has 3 N–H and O–H groups in total. The molecule has 1 heterocycles. The van der Waals surface area contributed by atoms with Crippen molar-refractivity contribution >= 4 is 5.91 Å². The summed E-state index contributed by atoms with van der Waals surface area (Å²) in [5.41, 5.74) is 5.38. The molecule has 1 aromatic rings. The van der Waals surface area contributed by atoms with Crippen LogP contribution in [-0.2, 0) is 9.47 Å². The Morgan fingerprint density at radius 2 is 1.94 bits per heavy atom. The van der Waals surface area contributed by atoms with Gasteiger partial charge >= 0.3 is 0 Å². The van der Waals surface area contributed by atoms with Crippen molar-refractivity contribution in [3.8, 4) is 0 Å². The predicted octanol–water partition coefficient (Wildman–Crippen LogP) is 0.0493. The lowest BCUT2D eigenvalue weighted by Gasteiger charge is -2.01. The molecule has 0 aromatic carbocycles. The summed E-state index contributed by atoms with van der Waals surface area (Å²) in [6, 6.07) is 3.29. The molecule has 0 bridgehead atoms. The molecule has 0 atom stereocenters. The van der Waals surface area contributed by atoms with Crippen LogP contribution in [0.3, 0.4) is 0 Å². The van der Waals surface area contributed by atoms with Crippen molar-refractivity contribution in [3.63, 3.8) is 0 Å². The average Bonchev–Trinajstić information content (AvgIpc) is 2.40. The number of nitrogens with zero attached hydrogens (tertiary/aromatic N) is 1. The number of aromatic nitrogens is 1. The molecule has 0 fully saturated rings. The number of primary amides is 1. The third kappa shape index (κ3) is 9.71. The van der Waals surface area contributed by atoms with Crippen LogP contribution >= 0.6 is 0 Å². The Hall–Kier alpha value is -1.50. The minimum atomic E-state index is -0.442. The molecule has 6 nitrogen and oxygen atoms in total. The standard InChI is InChI=1S/C6H6N2O.C6H15NO2/c7-6(9)5-2-1-3-8-4-5;1-8-5-3-7-4-6-9-2/h1-4H,(H2,7,9);7H,3-6H2,1-2H3. The summed E-state index contributed by atoms with van der Waals surface area (Å²) in [7, 11) is 3.38. The van der Waals surface area contributed by atoms with E-state index in [1.807, 2.05) is 0 Å². The fraction of sp³-hybridized carbons (Fsp3) is 0.500. The zero-order valence-electron chi connectivity index (χ0n) is 10.9. The topological polar surface area (TPSA) is 86.5 Å². The predicted molar refractivity (Wildman–Crippen MR) is 69.4 cm³/mol. The second-order valence-corrected chi connectivity index (χ2v) is 3.34. The van der Waals surface area contributed by atoms with Crippen molar-refractivity contribution in [2.75, 3.05) is 40.5 Å². The van der Waals surface area contributed by atoms with E-state index in [1.54, 1.807) is 32.5 Å². The van der Waals surface area contributed by atoms with Crippen molar-refractivity contribution in [1.82, 2.24) is 10.3 Å². The van der Waals surface area contributed by atoms with Crippen molar-refractivity contribution in [3.05, 3.63) is 30.1 Å². The van der Waals surface area contributed by atoms with E-state index in [9.17, 15) is 4.79 Å². The Labute approximate surface area is 107 Å². The van der Waals surface area contributed by atoms with Crippen LogP contribution in [0.1, 0.15) is 10.4 Å². The highest BCUT2D eigenvalue weighted by molar-refractivity contribution is 5.92. The summed E-state index contributed by atoms with van der Waals surface area (Å²) in [5.74, 6) is -0.442. The third-order valence-electron chi connectivity index (χ3n) is 1.91. The smallest absolute Gasteiger partial charge is 0.250 e. The van der Waals surface area contributed by atoms with Crippen LogP contribution in [0.5, 0.6) is 0 Å². The Morgan fingerprint density at radius 3 is 2.28 bits per heavy atom. The Kier molecular flexibility index (Phi) is 11.0. The highest BCUT2D eigenvalue weighted by atomic mass is 16.5. The van der Waals surface area contributed by atoms with Crippen LogP contribution in [0.25, 0.3) is 0 Å². The number of hydrogen-bond donors (Lipinski definition) is 2. The van der Waals surface area contributed by atoms with Crippen molar-refractivity contribution in [2.45, 2.75) is 0 Å². The molecule has 0 spiro atoms. The van der Waals surface area contributed by atoms with E-state index in [4.69, 9.17) is 15.2 Å². The van der Waals surface area contributed by atoms with Gasteiger partial charge in [0.2, 0.25) is 5.91 Å². The second kappa shape index (κ2) is 12.0. The first-order valence-electron chi connectivity index (χ1n) is 5.60. The SMILES string of the molecule is COCCNCCOC.NC(=O)c1cccnc1. The molecule has 0 aliphatic rings. The first kappa shape index (κ1) is 16.5. The molecule has 0 unspecified atom stereocenters. The maximum atomic E-state index is 10.4. The lowest BCUT2D eigenvalue weighted by molar-refractivity contribution is 0.1000. The van der Waals surface area contributed by atoms with E-state index in [0.29, 0.717) is 5.56 Å². The van der Waals surface area contributed by atoms with Gasteiger partial charge in [0, 0.05) is 39.7 Å². The van der Waals surface area contributed by atoms with Gasteiger partial charge in [0.05, 0.1) is 18.8 Å². The summed E-state index contributed by atoms with van der Waals surface area (Å²) in [6.07, 6.45) is 3.02. The van der Waals surface area contributed by atoms with Crippen LogP contribution in [-0.4, -0.2) is 51.4 Å². The lowest BCUT2D eigenvalue weighted by atomic mass is 10.3. The number of carbonyl (C=O) groups is 1. The third-order valence-corrected chi connectivity index (χ3v) is 1.91. The molecule has 102 valence electrons. The highest BCUT2D eigenvalue weighted by Crippen LogP contribution is 1.91. The van der Waals surface area contributed by atoms with Gasteiger partial charge in [-0.25, -0.2) is 0 Å². The molecule has 1 amide bonds. The maximum Gasteiger partial charge on any atom is 0.250 e. The molecule has 18 heavy (non-hydrogen) atoms. The van der Waals surface area contributed by atoms with Gasteiger partial charge in [-0.2, -0.15) is 0 Å². The van der Waals surface area contributed by atoms with Gasteiger partial charge in [-0.05, 0) is 12.1 Å². The molecule has 6 heteroatoms. The molecule has 0 radical (unpaired) electrons. The van der Waals surface area contributed by atoms with Gasteiger partial charge in [0.25, 0.3) is 0 Å². The number of carbonyl (C=O) groups excluding carboxylic acids is 1. The number of pyridine rings is 1. The van der Waals surface area contributed by atoms with Crippen LogP contribution in [0, 0.1) is 0 Å². The van der Waals surface area contributed by atoms with Gasteiger partial charge in [0.1, 0.15) is 0 Å². The molecular weight excluding hydrogens is 234 g/mol. The van der Waals surface area contributed by atoms with Gasteiger partial charge in [0.15, 0.2) is 0 Å². The fourth-order valence-electron chi connectivity index (χ4n) is 0.982. The summed E-state index contributed by atoms with van der Waals surface area (Å²) < 4.78 is 9.64. The number of amides is 1. The van der Waals surface area contributed by atoms with Crippen molar-refractivity contribution in [1.29, 1.82) is 0 Å². The first-order chi connectivity index (χ1) is 8.72. The van der Waals surface area contributed by atoms with E-state index < -0.39 is 5.91 Å². The number of ether oxygens (including phenoxy) is 2. The molecule has 0 saturated carbocycles. The summed E-state index contributed by atoms with van der Waals surface area (Å²) in [5, 5.41) is 3.14. The van der Waals surface area contributed by atoms with Gasteiger partial charge in [-0.1, -0.05) is 0 Å². The van der Waals surface area contributed by atoms with Gasteiger partial charge in [-0.15, -0.1) is 0 Å². The number of hydrogen-bond acceptors (Lipinski definition) is 5. The molecule has 0 saturated heterocycles. The van der Waals surface area contributed by atoms with Gasteiger partial charge < -0.3 is 20.5 Å². The number of nitrogens with one attached hydrogen (secondary N) is 1. The number of nitrogens with two attached hydrogens (primary N) is 1.